The minimum Gasteiger partial charge on any atom is -0.462 e. The molecule has 0 aliphatic heterocycles. The van der Waals surface area contributed by atoms with Crippen LogP contribution in [0.1, 0.15) is 136 Å². The lowest BCUT2D eigenvalue weighted by molar-refractivity contribution is -0.161. The van der Waals surface area contributed by atoms with Crippen LogP contribution in [0.25, 0.3) is 0 Å². The lowest BCUT2D eigenvalue weighted by Gasteiger charge is -2.20. The van der Waals surface area contributed by atoms with Crippen molar-refractivity contribution in [1.82, 2.24) is 0 Å². The number of aliphatic hydroxyl groups excluding tert-OH is 2. The predicted molar refractivity (Wildman–Crippen MR) is 230 cm³/mol. The van der Waals surface area contributed by atoms with Gasteiger partial charge in [0.05, 0.1) is 25.4 Å². The molecule has 0 spiro atoms. The van der Waals surface area contributed by atoms with E-state index in [9.17, 15) is 34.1 Å². The van der Waals surface area contributed by atoms with Crippen molar-refractivity contribution in [2.24, 2.45) is 17.6 Å². The average molecular weight is 836 g/mol. The molecule has 1 aliphatic rings. The number of allylic oxidation sites excluding steroid dienone is 10. The fraction of sp³-hybridized carbons (Fsp3) is 0.667. The summed E-state index contributed by atoms with van der Waals surface area (Å²) >= 11 is 0. The topological polar surface area (TPSA) is 192 Å². The van der Waals surface area contributed by atoms with E-state index in [0.29, 0.717) is 32.1 Å². The molecule has 12 nitrogen and oxygen atoms in total. The molecular formula is C45H74NO11P. The maximum absolute atomic E-state index is 12.6. The molecule has 1 unspecified atom stereocenters. The molecule has 330 valence electrons. The molecule has 6 atom stereocenters. The number of hydrogen-bond donors (Lipinski definition) is 4. The average Bonchev–Trinajstić information content (AvgIpc) is 3.47. The number of nitrogens with two attached hydrogens (primary N) is 1. The normalized spacial score (nSPS) is 19.8. The zero-order valence-electron chi connectivity index (χ0n) is 35.2. The van der Waals surface area contributed by atoms with Gasteiger partial charge in [0, 0.05) is 37.6 Å². The number of aliphatic hydroxyl groups is 2. The van der Waals surface area contributed by atoms with Gasteiger partial charge in [-0.3, -0.25) is 23.4 Å². The number of Topliss-reactive ketones (excluding diaryl/α,β-unsaturated/α-hetero) is 1. The van der Waals surface area contributed by atoms with Crippen molar-refractivity contribution in [2.75, 3.05) is 26.4 Å². The van der Waals surface area contributed by atoms with Crippen molar-refractivity contribution < 1.29 is 52.6 Å². The van der Waals surface area contributed by atoms with Crippen LogP contribution >= 0.6 is 7.82 Å². The number of carbonyl (C=O) groups is 3. The van der Waals surface area contributed by atoms with Crippen LogP contribution in [-0.2, 0) is 37.5 Å². The largest absolute Gasteiger partial charge is 0.472 e. The number of hydrogen-bond acceptors (Lipinski definition) is 11. The van der Waals surface area contributed by atoms with Gasteiger partial charge >= 0.3 is 19.8 Å². The second-order valence-electron chi connectivity index (χ2n) is 14.6. The van der Waals surface area contributed by atoms with Crippen molar-refractivity contribution in [2.45, 2.75) is 154 Å². The van der Waals surface area contributed by atoms with Gasteiger partial charge < -0.3 is 30.3 Å². The summed E-state index contributed by atoms with van der Waals surface area (Å²) < 4.78 is 32.7. The lowest BCUT2D eigenvalue weighted by atomic mass is 9.88. The van der Waals surface area contributed by atoms with E-state index >= 15 is 0 Å². The first-order valence-corrected chi connectivity index (χ1v) is 23.0. The summed E-state index contributed by atoms with van der Waals surface area (Å²) in [7, 11) is -4.46. The second kappa shape index (κ2) is 34.9. The van der Waals surface area contributed by atoms with Crippen LogP contribution in [0.3, 0.4) is 0 Å². The highest BCUT2D eigenvalue weighted by Crippen LogP contribution is 2.43. The molecule has 1 fully saturated rings. The first-order valence-electron chi connectivity index (χ1n) is 21.5. The van der Waals surface area contributed by atoms with Crippen LogP contribution in [0.2, 0.25) is 0 Å². The Kier molecular flexibility index (Phi) is 31.9. The number of ketones is 1. The van der Waals surface area contributed by atoms with Gasteiger partial charge in [0.2, 0.25) is 0 Å². The van der Waals surface area contributed by atoms with Gasteiger partial charge in [-0.25, -0.2) is 4.57 Å². The van der Waals surface area contributed by atoms with Crippen LogP contribution in [0.15, 0.2) is 72.9 Å². The zero-order chi connectivity index (χ0) is 42.7. The quantitative estimate of drug-likeness (QED) is 0.0206. The molecule has 0 saturated heterocycles. The number of unbranched alkanes of at least 4 members (excludes halogenated alkanes) is 6. The zero-order valence-corrected chi connectivity index (χ0v) is 36.1. The fourth-order valence-corrected chi connectivity index (χ4v) is 7.04. The monoisotopic (exact) mass is 835 g/mol. The number of ether oxygens (including phenoxy) is 2. The number of carbonyl (C=O) groups excluding carboxylic acids is 3. The summed E-state index contributed by atoms with van der Waals surface area (Å²) in [5.74, 6) is -1.61. The molecule has 1 rings (SSSR count). The lowest BCUT2D eigenvalue weighted by Crippen LogP contribution is -2.29. The highest BCUT2D eigenvalue weighted by molar-refractivity contribution is 7.47. The van der Waals surface area contributed by atoms with E-state index < -0.39 is 44.7 Å². The Morgan fingerprint density at radius 1 is 0.810 bits per heavy atom. The van der Waals surface area contributed by atoms with Gasteiger partial charge in [-0.05, 0) is 64.2 Å². The number of phosphoric acid groups is 1. The third kappa shape index (κ3) is 28.5. The summed E-state index contributed by atoms with van der Waals surface area (Å²) in [6, 6.07) is 0. The Labute approximate surface area is 348 Å². The molecule has 0 bridgehead atoms. The third-order valence-electron chi connectivity index (χ3n) is 9.47. The van der Waals surface area contributed by atoms with Crippen molar-refractivity contribution in [1.29, 1.82) is 0 Å². The summed E-state index contributed by atoms with van der Waals surface area (Å²) in [6.45, 7) is 3.15. The van der Waals surface area contributed by atoms with Crippen LogP contribution in [0.5, 0.6) is 0 Å². The van der Waals surface area contributed by atoms with E-state index in [4.69, 9.17) is 24.3 Å². The summed E-state index contributed by atoms with van der Waals surface area (Å²) in [5, 5.41) is 20.7. The SMILES string of the molecule is CC/C=C\C/C=C\C/C=C\C/C=C\C/C=C\CCCC(=O)O[C@H](COC(=O)CCCCCC[C@H]1C(=O)C[C@@H](O)[C@@H]1/C=C/[C@@H](O)CCCCC)COP(=O)(O)OCCN. The number of phosphoric ester groups is 1. The molecular weight excluding hydrogens is 761 g/mol. The van der Waals surface area contributed by atoms with Crippen LogP contribution < -0.4 is 5.73 Å². The first kappa shape index (κ1) is 53.1. The fourth-order valence-electron chi connectivity index (χ4n) is 6.27. The Morgan fingerprint density at radius 3 is 2.07 bits per heavy atom. The van der Waals surface area contributed by atoms with E-state index in [2.05, 4.69) is 62.5 Å². The second-order valence-corrected chi connectivity index (χ2v) is 16.1. The molecule has 0 radical (unpaired) electrons. The van der Waals surface area contributed by atoms with Crippen LogP contribution in [-0.4, -0.2) is 77.5 Å². The first-order chi connectivity index (χ1) is 28.0. The molecule has 13 heteroatoms. The van der Waals surface area contributed by atoms with Crippen molar-refractivity contribution >= 4 is 25.5 Å². The van der Waals surface area contributed by atoms with Gasteiger partial charge in [0.15, 0.2) is 6.10 Å². The van der Waals surface area contributed by atoms with Crippen molar-refractivity contribution in [3.63, 3.8) is 0 Å². The molecule has 0 amide bonds. The molecule has 58 heavy (non-hydrogen) atoms. The highest BCUT2D eigenvalue weighted by atomic mass is 31.2. The molecule has 1 aliphatic carbocycles. The van der Waals surface area contributed by atoms with E-state index in [1.54, 1.807) is 6.08 Å². The Hall–Kier alpha value is -2.96. The molecule has 0 aromatic rings. The molecule has 0 heterocycles. The Morgan fingerprint density at radius 2 is 1.43 bits per heavy atom. The van der Waals surface area contributed by atoms with Gasteiger partial charge in [-0.2, -0.15) is 0 Å². The molecule has 0 aromatic heterocycles. The predicted octanol–water partition coefficient (Wildman–Crippen LogP) is 8.86. The number of rotatable bonds is 35. The smallest absolute Gasteiger partial charge is 0.462 e. The highest BCUT2D eigenvalue weighted by Gasteiger charge is 2.39. The Bertz CT molecular complexity index is 1340. The Balaban J connectivity index is 2.43. The summed E-state index contributed by atoms with van der Waals surface area (Å²) in [4.78, 5) is 47.6. The van der Waals surface area contributed by atoms with Gasteiger partial charge in [0.1, 0.15) is 12.4 Å². The van der Waals surface area contributed by atoms with E-state index in [-0.39, 0.29) is 56.6 Å². The minimum absolute atomic E-state index is 0.00574. The van der Waals surface area contributed by atoms with Crippen LogP contribution in [0.4, 0.5) is 0 Å². The summed E-state index contributed by atoms with van der Waals surface area (Å²) in [5.41, 5.74) is 5.34. The maximum Gasteiger partial charge on any atom is 0.472 e. The molecule has 5 N–H and O–H groups in total. The van der Waals surface area contributed by atoms with Gasteiger partial charge in [-0.15, -0.1) is 0 Å². The molecule has 1 saturated carbocycles. The molecule has 0 aromatic carbocycles. The van der Waals surface area contributed by atoms with Crippen LogP contribution in [0, 0.1) is 11.8 Å². The van der Waals surface area contributed by atoms with Gasteiger partial charge in [-0.1, -0.05) is 125 Å². The maximum atomic E-state index is 12.6. The number of esters is 2. The van der Waals surface area contributed by atoms with Crippen molar-refractivity contribution in [3.8, 4) is 0 Å². The minimum atomic E-state index is -4.46. The summed E-state index contributed by atoms with van der Waals surface area (Å²) in [6.07, 6.45) is 35.6. The van der Waals surface area contributed by atoms with E-state index in [1.807, 2.05) is 18.2 Å². The van der Waals surface area contributed by atoms with E-state index in [1.165, 1.54) is 0 Å². The van der Waals surface area contributed by atoms with E-state index in [0.717, 1.165) is 70.6 Å². The van der Waals surface area contributed by atoms with Gasteiger partial charge in [0.25, 0.3) is 0 Å². The van der Waals surface area contributed by atoms with Crippen molar-refractivity contribution in [3.05, 3.63) is 72.9 Å². The third-order valence-corrected chi connectivity index (χ3v) is 10.5. The standard InChI is InChI=1S/C45H74NO11P/c1-3-5-7-8-9-10-11-12-13-14-15-16-17-18-19-20-26-30-45(51)57-39(37-56-58(52,53)55-34-33-46)36-54-44(50)29-25-22-21-24-28-40-41(43(49)35-42(40)48)32-31-38(47)27-23-6-4-2/h5,7,9-10,12-13,15-16,18-19,31-32,38-41,43,47,49H,3-4,6,8,11,14,17,20-30,33-37,46H2,1-2H3,(H,52,53)/b7-5-,10-9-,13-12-,16-15-,19-18-,32-31+/t38-,39+,40+,41+,43+/m0/s1.